The highest BCUT2D eigenvalue weighted by molar-refractivity contribution is 5.69. The number of hydrogen-bond acceptors (Lipinski definition) is 3. The maximum Gasteiger partial charge on any atom is 0.416 e. The fourth-order valence-corrected chi connectivity index (χ4v) is 3.04. The smallest absolute Gasteiger partial charge is 0.416 e. The normalized spacial score (nSPS) is 17.6. The van der Waals surface area contributed by atoms with E-state index in [1.807, 2.05) is 4.90 Å². The van der Waals surface area contributed by atoms with E-state index >= 15 is 0 Å². The minimum Gasteiger partial charge on any atom is -0.480 e. The molecule has 1 fully saturated rings. The average molecular weight is 330 g/mol. The first-order valence-electron chi connectivity index (χ1n) is 7.57. The minimum atomic E-state index is -4.34. The number of nitrogens with zero attached hydrogens (tertiary/aromatic N) is 2. The summed E-state index contributed by atoms with van der Waals surface area (Å²) in [5.74, 6) is -0.867. The number of halogens is 3. The van der Waals surface area contributed by atoms with Crippen LogP contribution in [0.5, 0.6) is 0 Å². The van der Waals surface area contributed by atoms with Crippen LogP contribution in [-0.2, 0) is 17.5 Å². The number of rotatable bonds is 5. The van der Waals surface area contributed by atoms with Crippen molar-refractivity contribution in [2.45, 2.75) is 31.6 Å². The second-order valence-electron chi connectivity index (χ2n) is 5.97. The van der Waals surface area contributed by atoms with Crippen LogP contribution in [0.3, 0.4) is 0 Å². The fraction of sp³-hybridized carbons (Fsp3) is 0.562. The maximum atomic E-state index is 13.0. The molecule has 7 heteroatoms. The second kappa shape index (κ2) is 7.31. The van der Waals surface area contributed by atoms with Gasteiger partial charge in [-0.1, -0.05) is 18.2 Å². The van der Waals surface area contributed by atoms with Crippen molar-refractivity contribution in [3.05, 3.63) is 35.4 Å². The molecular weight excluding hydrogens is 309 g/mol. The van der Waals surface area contributed by atoms with Crippen molar-refractivity contribution in [3.63, 3.8) is 0 Å². The van der Waals surface area contributed by atoms with Gasteiger partial charge in [0.05, 0.1) is 12.1 Å². The predicted octanol–water partition coefficient (Wildman–Crippen LogP) is 2.69. The number of benzene rings is 1. The van der Waals surface area contributed by atoms with Gasteiger partial charge in [0.1, 0.15) is 0 Å². The van der Waals surface area contributed by atoms with Crippen LogP contribution in [0.1, 0.15) is 24.0 Å². The molecule has 0 atom stereocenters. The van der Waals surface area contributed by atoms with Crippen molar-refractivity contribution in [2.75, 3.05) is 26.7 Å². The van der Waals surface area contributed by atoms with Crippen molar-refractivity contribution in [1.82, 2.24) is 9.80 Å². The van der Waals surface area contributed by atoms with E-state index in [-0.39, 0.29) is 24.7 Å². The van der Waals surface area contributed by atoms with Gasteiger partial charge in [-0.05, 0) is 44.6 Å². The molecule has 128 valence electrons. The van der Waals surface area contributed by atoms with Gasteiger partial charge in [0.2, 0.25) is 0 Å². The fourth-order valence-electron chi connectivity index (χ4n) is 3.04. The lowest BCUT2D eigenvalue weighted by Crippen LogP contribution is -2.44. The first-order valence-corrected chi connectivity index (χ1v) is 7.57. The first kappa shape index (κ1) is 17.7. The number of carboxylic acid groups (broad SMARTS) is 1. The lowest BCUT2D eigenvalue weighted by Gasteiger charge is -2.36. The van der Waals surface area contributed by atoms with Crippen LogP contribution in [0.2, 0.25) is 0 Å². The van der Waals surface area contributed by atoms with E-state index in [4.69, 9.17) is 5.11 Å². The number of aliphatic carboxylic acids is 1. The van der Waals surface area contributed by atoms with Crippen LogP contribution in [0.4, 0.5) is 13.2 Å². The van der Waals surface area contributed by atoms with Gasteiger partial charge < -0.3 is 5.11 Å². The van der Waals surface area contributed by atoms with Crippen LogP contribution in [0.15, 0.2) is 24.3 Å². The predicted molar refractivity (Wildman–Crippen MR) is 80.0 cm³/mol. The van der Waals surface area contributed by atoms with E-state index in [9.17, 15) is 18.0 Å². The lowest BCUT2D eigenvalue weighted by atomic mass is 10.0. The second-order valence-corrected chi connectivity index (χ2v) is 5.97. The molecule has 4 nitrogen and oxygen atoms in total. The van der Waals surface area contributed by atoms with Gasteiger partial charge >= 0.3 is 12.1 Å². The molecule has 0 aromatic heterocycles. The summed E-state index contributed by atoms with van der Waals surface area (Å²) in [5.41, 5.74) is -0.289. The number of likely N-dealkylation sites (tertiary alicyclic amines) is 1. The first-order chi connectivity index (χ1) is 10.8. The van der Waals surface area contributed by atoms with E-state index in [0.29, 0.717) is 13.1 Å². The number of piperidine rings is 1. The topological polar surface area (TPSA) is 43.8 Å². The molecule has 1 aliphatic rings. The van der Waals surface area contributed by atoms with Crippen LogP contribution in [-0.4, -0.2) is 53.6 Å². The number of alkyl halides is 3. The Morgan fingerprint density at radius 3 is 2.48 bits per heavy atom. The van der Waals surface area contributed by atoms with Gasteiger partial charge in [0.25, 0.3) is 0 Å². The Balaban J connectivity index is 1.94. The third-order valence-corrected chi connectivity index (χ3v) is 4.28. The summed E-state index contributed by atoms with van der Waals surface area (Å²) in [4.78, 5) is 14.5. The van der Waals surface area contributed by atoms with Gasteiger partial charge in [0, 0.05) is 12.6 Å². The Morgan fingerprint density at radius 2 is 1.91 bits per heavy atom. The highest BCUT2D eigenvalue weighted by atomic mass is 19.4. The Labute approximate surface area is 133 Å². The van der Waals surface area contributed by atoms with Crippen LogP contribution in [0.25, 0.3) is 0 Å². The number of hydrogen-bond donors (Lipinski definition) is 1. The molecule has 0 bridgehead atoms. The van der Waals surface area contributed by atoms with E-state index < -0.39 is 17.7 Å². The maximum absolute atomic E-state index is 13.0. The third kappa shape index (κ3) is 4.94. The van der Waals surface area contributed by atoms with E-state index in [2.05, 4.69) is 0 Å². The number of carbonyl (C=O) groups is 1. The number of likely N-dealkylation sites (N-methyl/N-ethyl adjacent to an activating group) is 1. The van der Waals surface area contributed by atoms with E-state index in [1.165, 1.54) is 12.1 Å². The summed E-state index contributed by atoms with van der Waals surface area (Å²) in [7, 11) is 1.77. The Morgan fingerprint density at radius 1 is 1.30 bits per heavy atom. The molecule has 1 N–H and O–H groups in total. The summed E-state index contributed by atoms with van der Waals surface area (Å²) in [6.45, 7) is 1.59. The van der Waals surface area contributed by atoms with Crippen LogP contribution in [0, 0.1) is 0 Å². The SMILES string of the molecule is CN(CC(=O)O)C1CCN(Cc2ccccc2C(F)(F)F)CC1. The Kier molecular flexibility index (Phi) is 5.64. The lowest BCUT2D eigenvalue weighted by molar-refractivity contribution is -0.139. The van der Waals surface area contributed by atoms with Crippen molar-refractivity contribution in [3.8, 4) is 0 Å². The monoisotopic (exact) mass is 330 g/mol. The van der Waals surface area contributed by atoms with Gasteiger partial charge in [0.15, 0.2) is 0 Å². The van der Waals surface area contributed by atoms with Crippen molar-refractivity contribution in [2.24, 2.45) is 0 Å². The summed E-state index contributed by atoms with van der Waals surface area (Å²) < 4.78 is 39.0. The molecule has 1 aliphatic heterocycles. The number of carboxylic acids is 1. The van der Waals surface area contributed by atoms with Crippen molar-refractivity contribution >= 4 is 5.97 Å². The molecular formula is C16H21F3N2O2. The standard InChI is InChI=1S/C16H21F3N2O2/c1-20(11-15(22)23)13-6-8-21(9-7-13)10-12-4-2-3-5-14(12)16(17,18)19/h2-5,13H,6-11H2,1H3,(H,22,23). The molecule has 0 aliphatic carbocycles. The quantitative estimate of drug-likeness (QED) is 0.901. The van der Waals surface area contributed by atoms with Crippen molar-refractivity contribution in [1.29, 1.82) is 0 Å². The van der Waals surface area contributed by atoms with Crippen molar-refractivity contribution < 1.29 is 23.1 Å². The summed E-state index contributed by atoms with van der Waals surface area (Å²) in [6.07, 6.45) is -2.81. The molecule has 1 aromatic carbocycles. The molecule has 0 amide bonds. The molecule has 0 unspecified atom stereocenters. The van der Waals surface area contributed by atoms with Crippen LogP contribution >= 0.6 is 0 Å². The highest BCUT2D eigenvalue weighted by Gasteiger charge is 2.33. The van der Waals surface area contributed by atoms with Crippen LogP contribution < -0.4 is 0 Å². The van der Waals surface area contributed by atoms with Gasteiger partial charge in [-0.3, -0.25) is 14.6 Å². The zero-order valence-corrected chi connectivity index (χ0v) is 13.0. The highest BCUT2D eigenvalue weighted by Crippen LogP contribution is 2.32. The molecule has 2 rings (SSSR count). The summed E-state index contributed by atoms with van der Waals surface area (Å²) in [5, 5.41) is 8.81. The molecule has 1 aromatic rings. The zero-order valence-electron chi connectivity index (χ0n) is 13.0. The molecule has 0 radical (unpaired) electrons. The van der Waals surface area contributed by atoms with E-state index in [0.717, 1.165) is 18.9 Å². The van der Waals surface area contributed by atoms with E-state index in [1.54, 1.807) is 18.0 Å². The molecule has 23 heavy (non-hydrogen) atoms. The summed E-state index contributed by atoms with van der Waals surface area (Å²) >= 11 is 0. The molecule has 0 saturated carbocycles. The Hall–Kier alpha value is -1.60. The average Bonchev–Trinajstić information content (AvgIpc) is 2.46. The largest absolute Gasteiger partial charge is 0.480 e. The third-order valence-electron chi connectivity index (χ3n) is 4.28. The molecule has 1 saturated heterocycles. The summed E-state index contributed by atoms with van der Waals surface area (Å²) in [6, 6.07) is 5.83. The minimum absolute atomic E-state index is 0.0123. The molecule has 0 spiro atoms. The van der Waals surface area contributed by atoms with Gasteiger partial charge in [-0.15, -0.1) is 0 Å². The van der Waals surface area contributed by atoms with Gasteiger partial charge in [-0.25, -0.2) is 0 Å². The zero-order chi connectivity index (χ0) is 17.0. The molecule has 1 heterocycles. The Bertz CT molecular complexity index is 540. The van der Waals surface area contributed by atoms with Gasteiger partial charge in [-0.2, -0.15) is 13.2 Å².